The van der Waals surface area contributed by atoms with Gasteiger partial charge < -0.3 is 24.8 Å². The van der Waals surface area contributed by atoms with Crippen molar-refractivity contribution in [1.29, 1.82) is 0 Å². The van der Waals surface area contributed by atoms with Gasteiger partial charge in [-0.1, -0.05) is 6.07 Å². The SMILES string of the molecule is O=C(NC[C@H](c1cccs1)N1CCOCC1)Nc1ccc2c(c1)OC1(CCCC1)O2. The van der Waals surface area contributed by atoms with Crippen LogP contribution >= 0.6 is 11.3 Å². The number of hydrogen-bond acceptors (Lipinski definition) is 6. The molecule has 30 heavy (non-hydrogen) atoms. The Morgan fingerprint density at radius 1 is 1.13 bits per heavy atom. The molecule has 8 heteroatoms. The van der Waals surface area contributed by atoms with Gasteiger partial charge in [-0.2, -0.15) is 0 Å². The van der Waals surface area contributed by atoms with Crippen molar-refractivity contribution in [3.8, 4) is 11.5 Å². The molecule has 2 aliphatic heterocycles. The van der Waals surface area contributed by atoms with E-state index < -0.39 is 5.79 Å². The maximum atomic E-state index is 12.6. The first-order valence-electron chi connectivity index (χ1n) is 10.6. The van der Waals surface area contributed by atoms with Gasteiger partial charge in [0, 0.05) is 49.1 Å². The number of nitrogens with zero attached hydrogens (tertiary/aromatic N) is 1. The Hall–Kier alpha value is -2.29. The molecule has 3 heterocycles. The zero-order valence-corrected chi connectivity index (χ0v) is 17.7. The zero-order valence-electron chi connectivity index (χ0n) is 16.9. The molecule has 1 spiro atoms. The highest BCUT2D eigenvalue weighted by atomic mass is 32.1. The fraction of sp³-hybridized carbons (Fsp3) is 0.500. The van der Waals surface area contributed by atoms with E-state index in [-0.39, 0.29) is 12.1 Å². The molecule has 1 aromatic carbocycles. The predicted molar refractivity (Wildman–Crippen MR) is 115 cm³/mol. The first-order chi connectivity index (χ1) is 14.7. The summed E-state index contributed by atoms with van der Waals surface area (Å²) in [6, 6.07) is 9.69. The minimum Gasteiger partial charge on any atom is -0.448 e. The van der Waals surface area contributed by atoms with Gasteiger partial charge in [-0.15, -0.1) is 11.3 Å². The van der Waals surface area contributed by atoms with Crippen molar-refractivity contribution < 1.29 is 19.0 Å². The third-order valence-electron chi connectivity index (χ3n) is 5.97. The fourth-order valence-electron chi connectivity index (χ4n) is 4.43. The summed E-state index contributed by atoms with van der Waals surface area (Å²) in [5.74, 6) is 0.974. The molecule has 0 unspecified atom stereocenters. The van der Waals surface area contributed by atoms with Crippen LogP contribution in [0.3, 0.4) is 0 Å². The normalized spacial score (nSPS) is 20.9. The van der Waals surface area contributed by atoms with Gasteiger partial charge in [-0.05, 0) is 36.4 Å². The third kappa shape index (κ3) is 4.12. The largest absolute Gasteiger partial charge is 0.448 e. The first-order valence-corrected chi connectivity index (χ1v) is 11.5. The quantitative estimate of drug-likeness (QED) is 0.752. The summed E-state index contributed by atoms with van der Waals surface area (Å²) < 4.78 is 17.6. The number of fused-ring (bicyclic) bond motifs is 1. The summed E-state index contributed by atoms with van der Waals surface area (Å²) in [6.07, 6.45) is 4.07. The van der Waals surface area contributed by atoms with Gasteiger partial charge in [0.2, 0.25) is 0 Å². The fourth-order valence-corrected chi connectivity index (χ4v) is 5.29. The molecule has 1 saturated carbocycles. The van der Waals surface area contributed by atoms with E-state index in [1.54, 1.807) is 11.3 Å². The van der Waals surface area contributed by atoms with Crippen LogP contribution in [0.25, 0.3) is 0 Å². The molecular formula is C22H27N3O4S. The van der Waals surface area contributed by atoms with E-state index in [2.05, 4.69) is 33.0 Å². The molecule has 0 bridgehead atoms. The molecule has 1 aliphatic carbocycles. The van der Waals surface area contributed by atoms with Crippen molar-refractivity contribution >= 4 is 23.1 Å². The van der Waals surface area contributed by atoms with Crippen LogP contribution < -0.4 is 20.1 Å². The summed E-state index contributed by atoms with van der Waals surface area (Å²) in [5, 5.41) is 8.04. The number of amides is 2. The number of nitrogens with one attached hydrogen (secondary N) is 2. The standard InChI is InChI=1S/C22H27N3O4S/c26-21(23-15-17(20-4-3-13-30-20)25-9-11-27-12-10-25)24-16-5-6-18-19(14-16)29-22(28-18)7-1-2-8-22/h3-6,13-14,17H,1-2,7-12,15H2,(H2,23,24,26)/t17-/m1/s1. The lowest BCUT2D eigenvalue weighted by Crippen LogP contribution is -2.44. The van der Waals surface area contributed by atoms with Crippen molar-refractivity contribution in [2.45, 2.75) is 37.5 Å². The summed E-state index contributed by atoms with van der Waals surface area (Å²) in [7, 11) is 0. The van der Waals surface area contributed by atoms with E-state index in [9.17, 15) is 4.79 Å². The Balaban J connectivity index is 1.20. The highest BCUT2D eigenvalue weighted by Crippen LogP contribution is 2.47. The molecule has 3 aliphatic rings. The molecule has 7 nitrogen and oxygen atoms in total. The second-order valence-electron chi connectivity index (χ2n) is 8.00. The molecule has 2 N–H and O–H groups in total. The lowest BCUT2D eigenvalue weighted by Gasteiger charge is -2.34. The lowest BCUT2D eigenvalue weighted by molar-refractivity contribution is -0.0716. The number of morpholine rings is 1. The monoisotopic (exact) mass is 429 g/mol. The number of rotatable bonds is 5. The predicted octanol–water partition coefficient (Wildman–Crippen LogP) is 3.98. The van der Waals surface area contributed by atoms with E-state index in [0.29, 0.717) is 18.0 Å². The highest BCUT2D eigenvalue weighted by Gasteiger charge is 2.44. The van der Waals surface area contributed by atoms with Gasteiger partial charge in [0.05, 0.1) is 19.3 Å². The van der Waals surface area contributed by atoms with E-state index in [1.807, 2.05) is 18.2 Å². The number of thiophene rings is 1. The minimum atomic E-state index is -0.491. The van der Waals surface area contributed by atoms with Gasteiger partial charge in [-0.3, -0.25) is 4.90 Å². The summed E-state index contributed by atoms with van der Waals surface area (Å²) in [5.41, 5.74) is 0.698. The zero-order chi connectivity index (χ0) is 20.4. The highest BCUT2D eigenvalue weighted by molar-refractivity contribution is 7.10. The van der Waals surface area contributed by atoms with Crippen LogP contribution in [-0.2, 0) is 4.74 Å². The summed E-state index contributed by atoms with van der Waals surface area (Å²) in [4.78, 5) is 16.2. The van der Waals surface area contributed by atoms with Crippen molar-refractivity contribution in [2.75, 3.05) is 38.2 Å². The molecule has 2 aromatic rings. The van der Waals surface area contributed by atoms with Crippen molar-refractivity contribution in [1.82, 2.24) is 10.2 Å². The smallest absolute Gasteiger partial charge is 0.319 e. The van der Waals surface area contributed by atoms with E-state index >= 15 is 0 Å². The molecule has 2 amide bonds. The molecule has 0 radical (unpaired) electrons. The van der Waals surface area contributed by atoms with Crippen LogP contribution in [0, 0.1) is 0 Å². The minimum absolute atomic E-state index is 0.152. The molecular weight excluding hydrogens is 402 g/mol. The van der Waals surface area contributed by atoms with Gasteiger partial charge in [0.1, 0.15) is 0 Å². The van der Waals surface area contributed by atoms with Gasteiger partial charge >= 0.3 is 6.03 Å². The Bertz CT molecular complexity index is 877. The van der Waals surface area contributed by atoms with E-state index in [4.69, 9.17) is 14.2 Å². The number of urea groups is 1. The second-order valence-corrected chi connectivity index (χ2v) is 8.98. The number of ether oxygens (including phenoxy) is 3. The van der Waals surface area contributed by atoms with Crippen LogP contribution in [0.1, 0.15) is 36.6 Å². The van der Waals surface area contributed by atoms with Crippen LogP contribution in [0.5, 0.6) is 11.5 Å². The third-order valence-corrected chi connectivity index (χ3v) is 6.95. The number of hydrogen-bond donors (Lipinski definition) is 2. The molecule has 1 aromatic heterocycles. The van der Waals surface area contributed by atoms with E-state index in [1.165, 1.54) is 4.88 Å². The molecule has 1 atom stereocenters. The van der Waals surface area contributed by atoms with Gasteiger partial charge in [0.15, 0.2) is 11.5 Å². The Morgan fingerprint density at radius 3 is 2.70 bits per heavy atom. The summed E-state index contributed by atoms with van der Waals surface area (Å²) in [6.45, 7) is 3.74. The van der Waals surface area contributed by atoms with E-state index in [0.717, 1.165) is 57.7 Å². The van der Waals surface area contributed by atoms with Crippen molar-refractivity contribution in [3.63, 3.8) is 0 Å². The molecule has 1 saturated heterocycles. The van der Waals surface area contributed by atoms with Crippen LogP contribution in [-0.4, -0.2) is 49.6 Å². The maximum Gasteiger partial charge on any atom is 0.319 e. The second kappa shape index (κ2) is 8.45. The van der Waals surface area contributed by atoms with Crippen molar-refractivity contribution in [3.05, 3.63) is 40.6 Å². The number of benzene rings is 1. The van der Waals surface area contributed by atoms with Gasteiger partial charge in [0.25, 0.3) is 5.79 Å². The average Bonchev–Trinajstić information content (AvgIpc) is 3.51. The molecule has 160 valence electrons. The molecule has 5 rings (SSSR count). The summed E-state index contributed by atoms with van der Waals surface area (Å²) >= 11 is 1.72. The maximum absolute atomic E-state index is 12.6. The Kier molecular flexibility index (Phi) is 5.54. The van der Waals surface area contributed by atoms with Crippen LogP contribution in [0.4, 0.5) is 10.5 Å². The van der Waals surface area contributed by atoms with Gasteiger partial charge in [-0.25, -0.2) is 4.79 Å². The van der Waals surface area contributed by atoms with Crippen LogP contribution in [0.15, 0.2) is 35.7 Å². The van der Waals surface area contributed by atoms with Crippen molar-refractivity contribution in [2.24, 2.45) is 0 Å². The first kappa shape index (κ1) is 19.7. The van der Waals surface area contributed by atoms with Crippen LogP contribution in [0.2, 0.25) is 0 Å². The number of carbonyl (C=O) groups is 1. The molecule has 2 fully saturated rings. The Labute approximate surface area is 180 Å². The number of carbonyl (C=O) groups excluding carboxylic acids is 1. The average molecular weight is 430 g/mol. The lowest BCUT2D eigenvalue weighted by atomic mass is 10.2. The Morgan fingerprint density at radius 2 is 1.93 bits per heavy atom. The topological polar surface area (TPSA) is 72.1 Å². The number of anilines is 1.